The molecule has 0 aromatic heterocycles. The Kier molecular flexibility index (Phi) is 5.39. The third-order valence-corrected chi connectivity index (χ3v) is 2.99. The maximum absolute atomic E-state index is 11.5. The number of hydrogen-bond donors (Lipinski definition) is 2. The van der Waals surface area contributed by atoms with Crippen LogP contribution in [-0.4, -0.2) is 30.2 Å². The van der Waals surface area contributed by atoms with E-state index in [1.165, 1.54) is 6.08 Å². The van der Waals surface area contributed by atoms with Crippen molar-refractivity contribution in [2.75, 3.05) is 6.54 Å². The van der Waals surface area contributed by atoms with Crippen LogP contribution in [0.5, 0.6) is 0 Å². The van der Waals surface area contributed by atoms with Crippen LogP contribution in [0.25, 0.3) is 0 Å². The SMILES string of the molecule is C=CC(=O)NCCC1CC(NC(=O)OC(C)(C)C)C1. The van der Waals surface area contributed by atoms with Crippen LogP contribution in [-0.2, 0) is 9.53 Å². The molecule has 1 rings (SSSR count). The Morgan fingerprint density at radius 1 is 1.37 bits per heavy atom. The normalized spacial score (nSPS) is 22.1. The lowest BCUT2D eigenvalue weighted by Gasteiger charge is -2.36. The summed E-state index contributed by atoms with van der Waals surface area (Å²) < 4.78 is 5.19. The van der Waals surface area contributed by atoms with E-state index in [-0.39, 0.29) is 18.0 Å². The topological polar surface area (TPSA) is 67.4 Å². The van der Waals surface area contributed by atoms with E-state index in [0.717, 1.165) is 19.3 Å². The molecular formula is C14H24N2O3. The van der Waals surface area contributed by atoms with Gasteiger partial charge in [-0.2, -0.15) is 0 Å². The molecule has 0 unspecified atom stereocenters. The third kappa shape index (κ3) is 6.27. The molecule has 2 N–H and O–H groups in total. The highest BCUT2D eigenvalue weighted by Crippen LogP contribution is 2.30. The molecule has 108 valence electrons. The summed E-state index contributed by atoms with van der Waals surface area (Å²) in [6.45, 7) is 9.59. The van der Waals surface area contributed by atoms with E-state index in [0.29, 0.717) is 12.5 Å². The molecule has 5 nitrogen and oxygen atoms in total. The lowest BCUT2D eigenvalue weighted by atomic mass is 9.78. The minimum Gasteiger partial charge on any atom is -0.444 e. The van der Waals surface area contributed by atoms with Crippen molar-refractivity contribution in [3.8, 4) is 0 Å². The minimum absolute atomic E-state index is 0.136. The van der Waals surface area contributed by atoms with Crippen molar-refractivity contribution in [1.82, 2.24) is 10.6 Å². The van der Waals surface area contributed by atoms with Crippen molar-refractivity contribution in [2.45, 2.75) is 51.7 Å². The lowest BCUT2D eigenvalue weighted by Crippen LogP contribution is -2.46. The molecule has 0 aliphatic heterocycles. The summed E-state index contributed by atoms with van der Waals surface area (Å²) in [5, 5.41) is 5.60. The van der Waals surface area contributed by atoms with E-state index >= 15 is 0 Å². The van der Waals surface area contributed by atoms with Gasteiger partial charge in [-0.25, -0.2) is 4.79 Å². The first kappa shape index (κ1) is 15.5. The van der Waals surface area contributed by atoms with E-state index in [1.807, 2.05) is 20.8 Å². The van der Waals surface area contributed by atoms with Gasteiger partial charge in [-0.05, 0) is 52.0 Å². The first-order chi connectivity index (χ1) is 8.80. The van der Waals surface area contributed by atoms with Crippen LogP contribution < -0.4 is 10.6 Å². The van der Waals surface area contributed by atoms with Gasteiger partial charge in [0, 0.05) is 12.6 Å². The molecule has 0 aromatic carbocycles. The van der Waals surface area contributed by atoms with Crippen molar-refractivity contribution < 1.29 is 14.3 Å². The van der Waals surface area contributed by atoms with E-state index in [1.54, 1.807) is 0 Å². The Bertz CT molecular complexity index is 341. The van der Waals surface area contributed by atoms with E-state index in [2.05, 4.69) is 17.2 Å². The Balaban J connectivity index is 2.08. The average Bonchev–Trinajstić information content (AvgIpc) is 2.22. The predicted octanol–water partition coefficient (Wildman–Crippen LogP) is 1.98. The summed E-state index contributed by atoms with van der Waals surface area (Å²) >= 11 is 0. The molecule has 1 saturated carbocycles. The van der Waals surface area contributed by atoms with Crippen molar-refractivity contribution >= 4 is 12.0 Å². The summed E-state index contributed by atoms with van der Waals surface area (Å²) in [5.41, 5.74) is -0.456. The number of amides is 2. The van der Waals surface area contributed by atoms with Gasteiger partial charge in [-0.15, -0.1) is 0 Å². The van der Waals surface area contributed by atoms with Gasteiger partial charge in [0.25, 0.3) is 0 Å². The van der Waals surface area contributed by atoms with Gasteiger partial charge in [-0.1, -0.05) is 6.58 Å². The van der Waals surface area contributed by atoms with Crippen molar-refractivity contribution in [1.29, 1.82) is 0 Å². The van der Waals surface area contributed by atoms with Crippen LogP contribution in [0.15, 0.2) is 12.7 Å². The fourth-order valence-corrected chi connectivity index (χ4v) is 2.04. The van der Waals surface area contributed by atoms with Crippen LogP contribution in [0.4, 0.5) is 4.79 Å². The zero-order chi connectivity index (χ0) is 14.5. The zero-order valence-electron chi connectivity index (χ0n) is 12.0. The number of carbonyl (C=O) groups is 2. The fourth-order valence-electron chi connectivity index (χ4n) is 2.04. The second kappa shape index (κ2) is 6.59. The van der Waals surface area contributed by atoms with Crippen LogP contribution >= 0.6 is 0 Å². The second-order valence-corrected chi connectivity index (χ2v) is 5.96. The molecule has 19 heavy (non-hydrogen) atoms. The smallest absolute Gasteiger partial charge is 0.407 e. The van der Waals surface area contributed by atoms with Gasteiger partial charge in [0.1, 0.15) is 5.60 Å². The molecular weight excluding hydrogens is 244 g/mol. The van der Waals surface area contributed by atoms with Gasteiger partial charge in [0.15, 0.2) is 0 Å². The maximum Gasteiger partial charge on any atom is 0.407 e. The Morgan fingerprint density at radius 3 is 2.53 bits per heavy atom. The van der Waals surface area contributed by atoms with Gasteiger partial charge in [0.2, 0.25) is 5.91 Å². The Hall–Kier alpha value is -1.52. The van der Waals surface area contributed by atoms with E-state index < -0.39 is 5.60 Å². The van der Waals surface area contributed by atoms with Gasteiger partial charge < -0.3 is 15.4 Å². The van der Waals surface area contributed by atoms with Crippen LogP contribution in [0.1, 0.15) is 40.0 Å². The van der Waals surface area contributed by atoms with Crippen LogP contribution in [0.3, 0.4) is 0 Å². The van der Waals surface area contributed by atoms with Crippen LogP contribution in [0.2, 0.25) is 0 Å². The summed E-state index contributed by atoms with van der Waals surface area (Å²) in [6.07, 6.45) is 3.75. The average molecular weight is 268 g/mol. The molecule has 0 bridgehead atoms. The highest BCUT2D eigenvalue weighted by molar-refractivity contribution is 5.86. The zero-order valence-corrected chi connectivity index (χ0v) is 12.0. The summed E-state index contributed by atoms with van der Waals surface area (Å²) in [5.74, 6) is 0.424. The van der Waals surface area contributed by atoms with Gasteiger partial charge in [-0.3, -0.25) is 4.79 Å². The van der Waals surface area contributed by atoms with Crippen molar-refractivity contribution in [3.63, 3.8) is 0 Å². The number of rotatable bonds is 5. The lowest BCUT2D eigenvalue weighted by molar-refractivity contribution is -0.116. The van der Waals surface area contributed by atoms with E-state index in [9.17, 15) is 9.59 Å². The first-order valence-corrected chi connectivity index (χ1v) is 6.70. The standard InChI is InChI=1S/C14H24N2O3/c1-5-12(17)15-7-6-10-8-11(9-10)16-13(18)19-14(2,3)4/h5,10-11H,1,6-9H2,2-4H3,(H,15,17)(H,16,18). The number of nitrogens with one attached hydrogen (secondary N) is 2. The molecule has 0 atom stereocenters. The highest BCUT2D eigenvalue weighted by Gasteiger charge is 2.31. The number of alkyl carbamates (subject to hydrolysis) is 1. The molecule has 0 aromatic rings. The third-order valence-electron chi connectivity index (χ3n) is 2.99. The maximum atomic E-state index is 11.5. The molecule has 2 amide bonds. The molecule has 5 heteroatoms. The van der Waals surface area contributed by atoms with E-state index in [4.69, 9.17) is 4.74 Å². The fraction of sp³-hybridized carbons (Fsp3) is 0.714. The molecule has 1 aliphatic rings. The Labute approximate surface area is 114 Å². The molecule has 1 fully saturated rings. The second-order valence-electron chi connectivity index (χ2n) is 5.96. The molecule has 1 aliphatic carbocycles. The molecule has 0 spiro atoms. The monoisotopic (exact) mass is 268 g/mol. The quantitative estimate of drug-likeness (QED) is 0.749. The summed E-state index contributed by atoms with van der Waals surface area (Å²) in [6, 6.07) is 0.204. The minimum atomic E-state index is -0.456. The Morgan fingerprint density at radius 2 is 2.00 bits per heavy atom. The number of carbonyl (C=O) groups excluding carboxylic acids is 2. The van der Waals surface area contributed by atoms with Crippen LogP contribution in [0, 0.1) is 5.92 Å². The molecule has 0 radical (unpaired) electrons. The van der Waals surface area contributed by atoms with Gasteiger partial charge >= 0.3 is 6.09 Å². The predicted molar refractivity (Wildman–Crippen MR) is 73.7 cm³/mol. The molecule has 0 saturated heterocycles. The summed E-state index contributed by atoms with van der Waals surface area (Å²) in [7, 11) is 0. The summed E-state index contributed by atoms with van der Waals surface area (Å²) in [4.78, 5) is 22.4. The number of hydrogen-bond acceptors (Lipinski definition) is 3. The largest absolute Gasteiger partial charge is 0.444 e. The number of ether oxygens (including phenoxy) is 1. The molecule has 0 heterocycles. The van der Waals surface area contributed by atoms with Crippen molar-refractivity contribution in [3.05, 3.63) is 12.7 Å². The highest BCUT2D eigenvalue weighted by atomic mass is 16.6. The van der Waals surface area contributed by atoms with Gasteiger partial charge in [0.05, 0.1) is 0 Å². The first-order valence-electron chi connectivity index (χ1n) is 6.70. The van der Waals surface area contributed by atoms with Crippen molar-refractivity contribution in [2.24, 2.45) is 5.92 Å².